The molecular weight excluding hydrogens is 273 g/mol. The third-order valence-corrected chi connectivity index (χ3v) is 2.27. The average Bonchev–Trinajstić information content (AvgIpc) is 2.31. The first-order valence-electron chi connectivity index (χ1n) is 5.79. The Bertz CT molecular complexity index is 463. The number of halogens is 3. The summed E-state index contributed by atoms with van der Waals surface area (Å²) < 4.78 is 41.6. The second kappa shape index (κ2) is 6.95. The summed E-state index contributed by atoms with van der Waals surface area (Å²) in [5, 5.41) is 17.9. The standard InChI is InChI=1S/C13H15F3N2O2/c1-12(2,3)20-10(19)6-13(7-17,8-18)5-4-9(14)11(15)16/h4-6H2,1-3H3. The number of carbonyl (C=O) groups excluding carboxylic acids is 1. The average molecular weight is 288 g/mol. The van der Waals surface area contributed by atoms with Gasteiger partial charge in [-0.3, -0.25) is 4.79 Å². The second-order valence-electron chi connectivity index (χ2n) is 5.23. The van der Waals surface area contributed by atoms with Crippen LogP contribution in [0.15, 0.2) is 11.9 Å². The second-order valence-corrected chi connectivity index (χ2v) is 5.23. The molecule has 0 aromatic carbocycles. The first-order chi connectivity index (χ1) is 9.05. The molecule has 0 fully saturated rings. The molecule has 0 aliphatic rings. The molecule has 0 aliphatic heterocycles. The lowest BCUT2D eigenvalue weighted by Gasteiger charge is -2.23. The number of ether oxygens (including phenoxy) is 1. The predicted octanol–water partition coefficient (Wildman–Crippen LogP) is 3.61. The van der Waals surface area contributed by atoms with Crippen LogP contribution < -0.4 is 0 Å². The Hall–Kier alpha value is -2.02. The number of nitriles is 2. The van der Waals surface area contributed by atoms with Crippen molar-refractivity contribution in [3.8, 4) is 12.1 Å². The van der Waals surface area contributed by atoms with Gasteiger partial charge in [-0.15, -0.1) is 0 Å². The van der Waals surface area contributed by atoms with Crippen molar-refractivity contribution in [1.82, 2.24) is 0 Å². The number of nitrogens with zero attached hydrogens (tertiary/aromatic N) is 2. The maximum atomic E-state index is 12.7. The van der Waals surface area contributed by atoms with Crippen LogP contribution in [-0.2, 0) is 9.53 Å². The third kappa shape index (κ3) is 6.24. The van der Waals surface area contributed by atoms with Gasteiger partial charge in [-0.25, -0.2) is 4.39 Å². The lowest BCUT2D eigenvalue weighted by molar-refractivity contribution is -0.156. The van der Waals surface area contributed by atoms with Gasteiger partial charge in [-0.05, 0) is 27.2 Å². The van der Waals surface area contributed by atoms with Crippen LogP contribution >= 0.6 is 0 Å². The molecular formula is C13H15F3N2O2. The van der Waals surface area contributed by atoms with E-state index in [-0.39, 0.29) is 0 Å². The maximum absolute atomic E-state index is 12.7. The molecule has 0 saturated heterocycles. The summed E-state index contributed by atoms with van der Waals surface area (Å²) in [6.45, 7) is 4.81. The minimum Gasteiger partial charge on any atom is -0.460 e. The van der Waals surface area contributed by atoms with Crippen LogP contribution in [0.25, 0.3) is 0 Å². The van der Waals surface area contributed by atoms with Gasteiger partial charge in [0.25, 0.3) is 0 Å². The first-order valence-corrected chi connectivity index (χ1v) is 5.79. The van der Waals surface area contributed by atoms with Gasteiger partial charge in [0.15, 0.2) is 11.2 Å². The number of allylic oxidation sites excluding steroid dienone is 1. The molecule has 0 aliphatic carbocycles. The molecule has 7 heteroatoms. The Morgan fingerprint density at radius 1 is 1.15 bits per heavy atom. The van der Waals surface area contributed by atoms with E-state index in [1.165, 1.54) is 0 Å². The van der Waals surface area contributed by atoms with E-state index >= 15 is 0 Å². The minimum absolute atomic E-state index is 0.511. The summed E-state index contributed by atoms with van der Waals surface area (Å²) in [5.74, 6) is -2.50. The molecule has 0 unspecified atom stereocenters. The van der Waals surface area contributed by atoms with Crippen LogP contribution in [0.5, 0.6) is 0 Å². The van der Waals surface area contributed by atoms with Crippen molar-refractivity contribution >= 4 is 5.97 Å². The Labute approximate surface area is 115 Å². The Balaban J connectivity index is 4.89. The topological polar surface area (TPSA) is 73.9 Å². The third-order valence-electron chi connectivity index (χ3n) is 2.27. The molecule has 0 spiro atoms. The lowest BCUT2D eigenvalue weighted by Crippen LogP contribution is -2.29. The quantitative estimate of drug-likeness (QED) is 0.724. The van der Waals surface area contributed by atoms with Gasteiger partial charge < -0.3 is 4.74 Å². The molecule has 0 aromatic rings. The van der Waals surface area contributed by atoms with Crippen LogP contribution in [0, 0.1) is 28.1 Å². The SMILES string of the molecule is CC(C)(C)OC(=O)CC(C#N)(C#N)CCC(F)=C(F)F. The van der Waals surface area contributed by atoms with Gasteiger partial charge >= 0.3 is 12.0 Å². The predicted molar refractivity (Wildman–Crippen MR) is 63.7 cm³/mol. The summed E-state index contributed by atoms with van der Waals surface area (Å²) in [6, 6.07) is 3.16. The molecule has 110 valence electrons. The van der Waals surface area contributed by atoms with Crippen molar-refractivity contribution < 1.29 is 22.7 Å². The van der Waals surface area contributed by atoms with Crippen LogP contribution in [-0.4, -0.2) is 11.6 Å². The highest BCUT2D eigenvalue weighted by Crippen LogP contribution is 2.31. The number of esters is 1. The highest BCUT2D eigenvalue weighted by Gasteiger charge is 2.35. The zero-order chi connectivity index (χ0) is 16.0. The van der Waals surface area contributed by atoms with E-state index in [2.05, 4.69) is 0 Å². The van der Waals surface area contributed by atoms with E-state index in [1.807, 2.05) is 0 Å². The number of hydrogen-bond acceptors (Lipinski definition) is 4. The largest absolute Gasteiger partial charge is 0.460 e. The number of carbonyl (C=O) groups is 1. The van der Waals surface area contributed by atoms with Crippen molar-refractivity contribution in [2.75, 3.05) is 0 Å². The zero-order valence-electron chi connectivity index (χ0n) is 11.5. The normalized spacial score (nSPS) is 11.2. The molecule has 0 bridgehead atoms. The van der Waals surface area contributed by atoms with Crippen molar-refractivity contribution in [3.05, 3.63) is 11.9 Å². The smallest absolute Gasteiger partial charge is 0.309 e. The van der Waals surface area contributed by atoms with Gasteiger partial charge in [-0.2, -0.15) is 19.3 Å². The number of rotatable bonds is 5. The van der Waals surface area contributed by atoms with Crippen molar-refractivity contribution in [2.45, 2.75) is 45.6 Å². The van der Waals surface area contributed by atoms with E-state index in [9.17, 15) is 18.0 Å². The molecule has 0 heterocycles. The fraction of sp³-hybridized carbons (Fsp3) is 0.615. The Morgan fingerprint density at radius 2 is 1.65 bits per heavy atom. The van der Waals surface area contributed by atoms with E-state index in [0.717, 1.165) is 0 Å². The fourth-order valence-electron chi connectivity index (χ4n) is 1.35. The maximum Gasteiger partial charge on any atom is 0.309 e. The van der Waals surface area contributed by atoms with Crippen molar-refractivity contribution in [1.29, 1.82) is 10.5 Å². The monoisotopic (exact) mass is 288 g/mol. The van der Waals surface area contributed by atoms with Crippen LogP contribution in [0.1, 0.15) is 40.0 Å². The van der Waals surface area contributed by atoms with Gasteiger partial charge in [-0.1, -0.05) is 0 Å². The van der Waals surface area contributed by atoms with E-state index in [1.54, 1.807) is 32.9 Å². The highest BCUT2D eigenvalue weighted by atomic mass is 19.3. The summed E-state index contributed by atoms with van der Waals surface area (Å²) in [4.78, 5) is 11.6. The van der Waals surface area contributed by atoms with Crippen molar-refractivity contribution in [2.24, 2.45) is 5.41 Å². The van der Waals surface area contributed by atoms with E-state index in [0.29, 0.717) is 0 Å². The van der Waals surface area contributed by atoms with Gasteiger partial charge in [0.05, 0.1) is 18.6 Å². The van der Waals surface area contributed by atoms with Gasteiger partial charge in [0.1, 0.15) is 5.60 Å². The molecule has 0 aromatic heterocycles. The Morgan fingerprint density at radius 3 is 2.00 bits per heavy atom. The van der Waals surface area contributed by atoms with Gasteiger partial charge in [0, 0.05) is 6.42 Å². The first kappa shape index (κ1) is 18.0. The van der Waals surface area contributed by atoms with E-state index in [4.69, 9.17) is 15.3 Å². The Kier molecular flexibility index (Phi) is 6.25. The summed E-state index contributed by atoms with van der Waals surface area (Å²) >= 11 is 0. The van der Waals surface area contributed by atoms with Crippen LogP contribution in [0.2, 0.25) is 0 Å². The minimum atomic E-state index is -2.49. The summed E-state index contributed by atoms with van der Waals surface area (Å²) in [6.07, 6.45) is -4.39. The highest BCUT2D eigenvalue weighted by molar-refractivity contribution is 5.72. The van der Waals surface area contributed by atoms with Crippen LogP contribution in [0.3, 0.4) is 0 Å². The van der Waals surface area contributed by atoms with Gasteiger partial charge in [0.2, 0.25) is 0 Å². The van der Waals surface area contributed by atoms with E-state index < -0.39 is 48.2 Å². The molecule has 0 atom stereocenters. The lowest BCUT2D eigenvalue weighted by atomic mass is 9.83. The molecule has 0 saturated carbocycles. The molecule has 4 nitrogen and oxygen atoms in total. The number of hydrogen-bond donors (Lipinski definition) is 0. The summed E-state index contributed by atoms with van der Waals surface area (Å²) in [7, 11) is 0. The van der Waals surface area contributed by atoms with Crippen molar-refractivity contribution in [3.63, 3.8) is 0 Å². The summed E-state index contributed by atoms with van der Waals surface area (Å²) in [5.41, 5.74) is -2.68. The molecule has 20 heavy (non-hydrogen) atoms. The van der Waals surface area contributed by atoms with Crippen LogP contribution in [0.4, 0.5) is 13.2 Å². The molecule has 0 radical (unpaired) electrons. The molecule has 0 amide bonds. The zero-order valence-corrected chi connectivity index (χ0v) is 11.5. The molecule has 0 rings (SSSR count). The fourth-order valence-corrected chi connectivity index (χ4v) is 1.35. The molecule has 0 N–H and O–H groups in total.